The van der Waals surface area contributed by atoms with E-state index in [-0.39, 0.29) is 6.23 Å². The number of ether oxygens (including phenoxy) is 1. The number of rotatable bonds is 9. The van der Waals surface area contributed by atoms with Gasteiger partial charge in [0.25, 0.3) is 6.47 Å². The van der Waals surface area contributed by atoms with Crippen molar-refractivity contribution in [2.45, 2.75) is 66.0 Å². The second-order valence-corrected chi connectivity index (χ2v) is 5.55. The zero-order chi connectivity index (χ0) is 12.4. The van der Waals surface area contributed by atoms with Crippen molar-refractivity contribution in [3.05, 3.63) is 0 Å². The monoisotopic (exact) mass is 229 g/mol. The Morgan fingerprint density at radius 3 is 2.38 bits per heavy atom. The van der Waals surface area contributed by atoms with E-state index in [1.807, 2.05) is 6.92 Å². The summed E-state index contributed by atoms with van der Waals surface area (Å²) < 4.78 is 4.72. The minimum Gasteiger partial charge on any atom is -0.449 e. The molecule has 96 valence electrons. The normalized spacial score (nSPS) is 13.5. The minimum absolute atomic E-state index is 0.160. The van der Waals surface area contributed by atoms with Crippen LogP contribution in [-0.2, 0) is 9.53 Å². The predicted octanol–water partition coefficient (Wildman–Crippen LogP) is 3.09. The first kappa shape index (κ1) is 15.4. The summed E-state index contributed by atoms with van der Waals surface area (Å²) in [5.74, 6) is 0. The van der Waals surface area contributed by atoms with E-state index in [1.165, 1.54) is 25.7 Å². The molecule has 0 heterocycles. The first-order valence-electron chi connectivity index (χ1n) is 6.28. The van der Waals surface area contributed by atoms with Crippen molar-refractivity contribution in [3.8, 4) is 0 Å². The maximum absolute atomic E-state index is 10.0. The topological polar surface area (TPSA) is 38.3 Å². The maximum Gasteiger partial charge on any atom is 0.294 e. The SMILES string of the molecule is CC(NCCCCCCC(C)(C)C)OC=O. The third kappa shape index (κ3) is 11.5. The van der Waals surface area contributed by atoms with Gasteiger partial charge in [0.1, 0.15) is 6.23 Å². The molecule has 1 unspecified atom stereocenters. The number of unbranched alkanes of at least 4 members (excludes halogenated alkanes) is 3. The van der Waals surface area contributed by atoms with E-state index >= 15 is 0 Å². The standard InChI is InChI=1S/C13H27NO2/c1-12(16-11-15)14-10-8-6-5-7-9-13(2,3)4/h11-12,14H,5-10H2,1-4H3. The second-order valence-electron chi connectivity index (χ2n) is 5.55. The molecule has 0 radical (unpaired) electrons. The van der Waals surface area contributed by atoms with Crippen LogP contribution >= 0.6 is 0 Å². The molecule has 1 atom stereocenters. The summed E-state index contributed by atoms with van der Waals surface area (Å²) in [7, 11) is 0. The molecule has 0 aliphatic carbocycles. The lowest BCUT2D eigenvalue weighted by Gasteiger charge is -2.17. The Bertz CT molecular complexity index is 175. The van der Waals surface area contributed by atoms with Gasteiger partial charge in [-0.05, 0) is 31.7 Å². The minimum atomic E-state index is -0.160. The number of hydrogen-bond donors (Lipinski definition) is 1. The Morgan fingerprint density at radius 1 is 1.19 bits per heavy atom. The number of hydrogen-bond acceptors (Lipinski definition) is 3. The van der Waals surface area contributed by atoms with Crippen LogP contribution in [0.4, 0.5) is 0 Å². The number of nitrogens with one attached hydrogen (secondary N) is 1. The molecule has 3 nitrogen and oxygen atoms in total. The lowest BCUT2D eigenvalue weighted by atomic mass is 9.89. The van der Waals surface area contributed by atoms with E-state index in [9.17, 15) is 4.79 Å². The van der Waals surface area contributed by atoms with E-state index in [0.29, 0.717) is 11.9 Å². The highest BCUT2D eigenvalue weighted by atomic mass is 16.5. The van der Waals surface area contributed by atoms with Gasteiger partial charge in [0.2, 0.25) is 0 Å². The molecule has 0 aromatic carbocycles. The Labute approximate surface area is 99.9 Å². The third-order valence-electron chi connectivity index (χ3n) is 2.55. The summed E-state index contributed by atoms with van der Waals surface area (Å²) in [6, 6.07) is 0. The second kappa shape index (κ2) is 8.57. The Morgan fingerprint density at radius 2 is 1.81 bits per heavy atom. The molecule has 3 heteroatoms. The van der Waals surface area contributed by atoms with Gasteiger partial charge in [-0.1, -0.05) is 40.0 Å². The van der Waals surface area contributed by atoms with Crippen molar-refractivity contribution in [2.24, 2.45) is 5.41 Å². The zero-order valence-electron chi connectivity index (χ0n) is 11.2. The van der Waals surface area contributed by atoms with Crippen molar-refractivity contribution < 1.29 is 9.53 Å². The third-order valence-corrected chi connectivity index (χ3v) is 2.55. The lowest BCUT2D eigenvalue weighted by molar-refractivity contribution is -0.134. The van der Waals surface area contributed by atoms with Crippen molar-refractivity contribution in [1.29, 1.82) is 0 Å². The average Bonchev–Trinajstić information content (AvgIpc) is 2.15. The molecule has 0 aliphatic heterocycles. The molecule has 0 aromatic rings. The molecule has 0 fully saturated rings. The highest BCUT2D eigenvalue weighted by molar-refractivity contribution is 5.37. The van der Waals surface area contributed by atoms with Gasteiger partial charge in [0.15, 0.2) is 0 Å². The van der Waals surface area contributed by atoms with Crippen molar-refractivity contribution in [1.82, 2.24) is 5.32 Å². The van der Waals surface area contributed by atoms with Gasteiger partial charge in [-0.25, -0.2) is 0 Å². The quantitative estimate of drug-likeness (QED) is 0.375. The molecular weight excluding hydrogens is 202 g/mol. The Hall–Kier alpha value is -0.570. The van der Waals surface area contributed by atoms with Gasteiger partial charge in [0, 0.05) is 0 Å². The smallest absolute Gasteiger partial charge is 0.294 e. The van der Waals surface area contributed by atoms with Gasteiger partial charge in [-0.15, -0.1) is 0 Å². The predicted molar refractivity (Wildman–Crippen MR) is 67.2 cm³/mol. The summed E-state index contributed by atoms with van der Waals surface area (Å²) in [5, 5.41) is 3.14. The van der Waals surface area contributed by atoms with Crippen molar-refractivity contribution in [2.75, 3.05) is 6.54 Å². The largest absolute Gasteiger partial charge is 0.449 e. The van der Waals surface area contributed by atoms with Crippen LogP contribution in [0.5, 0.6) is 0 Å². The van der Waals surface area contributed by atoms with E-state index in [1.54, 1.807) is 0 Å². The van der Waals surface area contributed by atoms with E-state index in [2.05, 4.69) is 26.1 Å². The van der Waals surface area contributed by atoms with Gasteiger partial charge < -0.3 is 4.74 Å². The van der Waals surface area contributed by atoms with E-state index in [0.717, 1.165) is 13.0 Å². The van der Waals surface area contributed by atoms with Crippen LogP contribution in [-0.4, -0.2) is 19.2 Å². The number of carbonyl (C=O) groups is 1. The molecule has 0 aliphatic rings. The van der Waals surface area contributed by atoms with Gasteiger partial charge in [-0.2, -0.15) is 0 Å². The van der Waals surface area contributed by atoms with Crippen molar-refractivity contribution in [3.63, 3.8) is 0 Å². The van der Waals surface area contributed by atoms with Crippen LogP contribution in [0.3, 0.4) is 0 Å². The van der Waals surface area contributed by atoms with Crippen LogP contribution in [0.2, 0.25) is 0 Å². The fraction of sp³-hybridized carbons (Fsp3) is 0.923. The molecule has 16 heavy (non-hydrogen) atoms. The van der Waals surface area contributed by atoms with E-state index < -0.39 is 0 Å². The van der Waals surface area contributed by atoms with Gasteiger partial charge in [0.05, 0.1) is 0 Å². The summed E-state index contributed by atoms with van der Waals surface area (Å²) in [6.07, 6.45) is 6.14. The summed E-state index contributed by atoms with van der Waals surface area (Å²) in [6.45, 7) is 10.1. The highest BCUT2D eigenvalue weighted by Crippen LogP contribution is 2.22. The Balaban J connectivity index is 3.18. The average molecular weight is 229 g/mol. The molecular formula is C13H27NO2. The zero-order valence-corrected chi connectivity index (χ0v) is 11.2. The first-order valence-corrected chi connectivity index (χ1v) is 6.28. The molecule has 0 amide bonds. The van der Waals surface area contributed by atoms with Crippen LogP contribution in [0.15, 0.2) is 0 Å². The van der Waals surface area contributed by atoms with Crippen LogP contribution in [0, 0.1) is 5.41 Å². The molecule has 1 N–H and O–H groups in total. The van der Waals surface area contributed by atoms with Crippen LogP contribution in [0.25, 0.3) is 0 Å². The summed E-state index contributed by atoms with van der Waals surface area (Å²) >= 11 is 0. The molecule has 0 bridgehead atoms. The fourth-order valence-electron chi connectivity index (χ4n) is 1.57. The maximum atomic E-state index is 10.0. The molecule has 0 rings (SSSR count). The van der Waals surface area contributed by atoms with Gasteiger partial charge >= 0.3 is 0 Å². The molecule has 0 saturated heterocycles. The fourth-order valence-corrected chi connectivity index (χ4v) is 1.57. The summed E-state index contributed by atoms with van der Waals surface area (Å²) in [5.41, 5.74) is 0.463. The molecule has 0 saturated carbocycles. The van der Waals surface area contributed by atoms with Crippen LogP contribution < -0.4 is 5.32 Å². The number of carbonyl (C=O) groups excluding carboxylic acids is 1. The molecule has 0 spiro atoms. The first-order chi connectivity index (χ1) is 7.45. The van der Waals surface area contributed by atoms with Crippen LogP contribution in [0.1, 0.15) is 59.8 Å². The highest BCUT2D eigenvalue weighted by Gasteiger charge is 2.08. The van der Waals surface area contributed by atoms with Gasteiger partial charge in [-0.3, -0.25) is 10.1 Å². The molecule has 0 aromatic heterocycles. The lowest BCUT2D eigenvalue weighted by Crippen LogP contribution is -2.29. The summed E-state index contributed by atoms with van der Waals surface area (Å²) in [4.78, 5) is 10.0. The Kier molecular flexibility index (Phi) is 8.26. The van der Waals surface area contributed by atoms with E-state index in [4.69, 9.17) is 4.74 Å². The van der Waals surface area contributed by atoms with Crippen molar-refractivity contribution >= 4 is 6.47 Å².